The lowest BCUT2D eigenvalue weighted by Gasteiger charge is -2.40. The first-order chi connectivity index (χ1) is 40.1. The molecule has 2 fully saturated rings. The van der Waals surface area contributed by atoms with Gasteiger partial charge in [-0.15, -0.1) is 0 Å². The Balaban J connectivity index is 0.000000187. The molecule has 0 aliphatic carbocycles. The van der Waals surface area contributed by atoms with E-state index in [0.29, 0.717) is 13.1 Å². The van der Waals surface area contributed by atoms with Crippen LogP contribution in [0.4, 0.5) is 67.1 Å². The number of nitrogens with zero attached hydrogens (tertiary/aromatic N) is 12. The van der Waals surface area contributed by atoms with Gasteiger partial charge in [-0.3, -0.25) is 28.5 Å². The lowest BCUT2D eigenvalue weighted by atomic mass is 9.94. The molecule has 0 spiro atoms. The number of alkyl halides is 12. The summed E-state index contributed by atoms with van der Waals surface area (Å²) in [5.41, 5.74) is 5.69. The number of hydrogen-bond donors (Lipinski definition) is 0. The minimum absolute atomic E-state index is 0.0648. The van der Waals surface area contributed by atoms with Crippen molar-refractivity contribution in [2.75, 3.05) is 52.4 Å². The molecule has 4 aromatic heterocycles. The standard InChI is InChI=1S/C26H32N6O2.C25H24F6N6O2.C4HClF6O2/c1-26(2,3)34-25(33)32-12-10-31(11-13-32)24(18-6-8-22-20(14-18)16-27-29(22)4)19-7-9-23-21(15-19)17-28-30(23)5;1-34-19-5-3-15(11-17(19)13-32-34)21(16-4-6-20-18(12-16)14-33-35(20)2)36-7-9-37(10-8-36)23(38)39-22(24(26,27)28)25(29,30)31;5-2(12)13-1(3(6,7)8)4(9,10)11/h6-9,14-17,24H,10-13H2,1-5H3;3-6,11-14,21-22H,7-10H2,1-2H3;1H. The SMILES string of the molecule is Cn1ncc2cc(C(c3ccc4c(cnn4C)c3)N3CCN(C(=O)OC(C(F)(F)F)C(F)(F)F)CC3)ccc21.Cn1ncc2cc(C(c3ccc4c(cnn4C)c3)N3CCN(C(=O)OC(C)(C)C)CC3)ccc21.O=C(Cl)OC(C(F)(F)F)C(F)(F)F. The molecule has 2 aliphatic rings. The summed E-state index contributed by atoms with van der Waals surface area (Å²) < 4.78 is 166. The van der Waals surface area contributed by atoms with E-state index in [1.165, 1.54) is 11.1 Å². The molecule has 6 heterocycles. The van der Waals surface area contributed by atoms with Crippen molar-refractivity contribution < 1.29 is 81.3 Å². The van der Waals surface area contributed by atoms with Crippen LogP contribution in [0.5, 0.6) is 0 Å². The molecule has 2 aliphatic heterocycles. The molecule has 8 aromatic rings. The maximum Gasteiger partial charge on any atom is 0.434 e. The predicted molar refractivity (Wildman–Crippen MR) is 290 cm³/mol. The van der Waals surface area contributed by atoms with Crippen molar-refractivity contribution in [1.29, 1.82) is 0 Å². The van der Waals surface area contributed by atoms with Gasteiger partial charge >= 0.3 is 42.3 Å². The quantitative estimate of drug-likeness (QED) is 0.0805. The number of carbonyl (C=O) groups is 3. The molecule has 0 atom stereocenters. The van der Waals surface area contributed by atoms with Crippen LogP contribution in [-0.4, -0.2) is 171 Å². The molecule has 31 heteroatoms. The molecule has 464 valence electrons. The Morgan fingerprint density at radius 3 is 0.942 bits per heavy atom. The van der Waals surface area contributed by atoms with Crippen LogP contribution in [0.1, 0.15) is 55.1 Å². The molecular formula is C55H57ClF12N12O6. The predicted octanol–water partition coefficient (Wildman–Crippen LogP) is 11.8. The van der Waals surface area contributed by atoms with E-state index in [4.69, 9.17) is 4.74 Å². The van der Waals surface area contributed by atoms with Gasteiger partial charge in [0.05, 0.1) is 58.9 Å². The van der Waals surface area contributed by atoms with Crippen molar-refractivity contribution in [3.8, 4) is 0 Å². The van der Waals surface area contributed by atoms with Crippen molar-refractivity contribution in [2.24, 2.45) is 28.2 Å². The average molecular weight is 1250 g/mol. The molecule has 0 bridgehead atoms. The smallest absolute Gasteiger partial charge is 0.434 e. The number of fused-ring (bicyclic) bond motifs is 4. The molecule has 0 unspecified atom stereocenters. The van der Waals surface area contributed by atoms with Crippen LogP contribution in [0.25, 0.3) is 43.6 Å². The Labute approximate surface area is 487 Å². The highest BCUT2D eigenvalue weighted by atomic mass is 35.5. The first-order valence-corrected chi connectivity index (χ1v) is 26.7. The van der Waals surface area contributed by atoms with Gasteiger partial charge in [0.2, 0.25) is 0 Å². The molecular weight excluding hydrogens is 1190 g/mol. The fraction of sp³-hybridized carbons (Fsp3) is 0.436. The van der Waals surface area contributed by atoms with Crippen molar-refractivity contribution in [3.63, 3.8) is 0 Å². The fourth-order valence-corrected chi connectivity index (χ4v) is 10.3. The van der Waals surface area contributed by atoms with Crippen LogP contribution in [0.15, 0.2) is 97.6 Å². The summed E-state index contributed by atoms with van der Waals surface area (Å²) in [6.45, 7) is 8.67. The van der Waals surface area contributed by atoms with E-state index in [-0.39, 0.29) is 44.4 Å². The Hall–Kier alpha value is -7.86. The third-order valence-corrected chi connectivity index (χ3v) is 14.3. The normalized spacial score (nSPS) is 15.3. The van der Waals surface area contributed by atoms with E-state index in [1.54, 1.807) is 21.8 Å². The van der Waals surface area contributed by atoms with Crippen molar-refractivity contribution in [1.82, 2.24) is 58.7 Å². The second-order valence-corrected chi connectivity index (χ2v) is 21.7. The summed E-state index contributed by atoms with van der Waals surface area (Å²) in [6, 6.07) is 24.7. The van der Waals surface area contributed by atoms with Crippen LogP contribution < -0.4 is 0 Å². The van der Waals surface area contributed by atoms with Crippen molar-refractivity contribution in [2.45, 2.75) is 75.4 Å². The van der Waals surface area contributed by atoms with E-state index in [1.807, 2.05) is 117 Å². The van der Waals surface area contributed by atoms with Gasteiger partial charge in [-0.2, -0.15) is 73.1 Å². The van der Waals surface area contributed by atoms with Gasteiger partial charge in [0.15, 0.2) is 0 Å². The largest absolute Gasteiger partial charge is 0.444 e. The monoisotopic (exact) mass is 1240 g/mol. The summed E-state index contributed by atoms with van der Waals surface area (Å²) in [7, 11) is 7.59. The molecule has 4 aromatic carbocycles. The Kier molecular flexibility index (Phi) is 18.5. The third-order valence-electron chi connectivity index (χ3n) is 14.2. The molecule has 0 radical (unpaired) electrons. The number of rotatable bonds is 8. The van der Waals surface area contributed by atoms with E-state index in [9.17, 15) is 67.1 Å². The number of carbonyl (C=O) groups excluding carboxylic acids is 3. The number of aryl methyl sites for hydroxylation is 4. The van der Waals surface area contributed by atoms with E-state index >= 15 is 0 Å². The summed E-state index contributed by atoms with van der Waals surface area (Å²) in [5, 5.41) is 21.5. The molecule has 2 amide bonds. The third kappa shape index (κ3) is 15.0. The van der Waals surface area contributed by atoms with Gasteiger partial charge < -0.3 is 24.0 Å². The number of benzene rings is 4. The number of aromatic nitrogens is 8. The zero-order valence-electron chi connectivity index (χ0n) is 46.9. The minimum Gasteiger partial charge on any atom is -0.444 e. The lowest BCUT2D eigenvalue weighted by Crippen LogP contribution is -2.53. The molecule has 2 saturated heterocycles. The van der Waals surface area contributed by atoms with Gasteiger partial charge in [0, 0.05) is 114 Å². The molecule has 0 N–H and O–H groups in total. The van der Waals surface area contributed by atoms with Crippen LogP contribution in [0.3, 0.4) is 0 Å². The number of hydrogen-bond acceptors (Lipinski definition) is 12. The molecule has 18 nitrogen and oxygen atoms in total. The summed E-state index contributed by atoms with van der Waals surface area (Å²) in [4.78, 5) is 41.7. The molecule has 0 saturated carbocycles. The second-order valence-electron chi connectivity index (χ2n) is 21.3. The van der Waals surface area contributed by atoms with Gasteiger partial charge in [-0.05, 0) is 91.6 Å². The van der Waals surface area contributed by atoms with Crippen molar-refractivity contribution >= 4 is 72.8 Å². The minimum atomic E-state index is -5.77. The average Bonchev–Trinajstić information content (AvgIpc) is 1.50. The Morgan fingerprint density at radius 1 is 0.430 bits per heavy atom. The van der Waals surface area contributed by atoms with Gasteiger partial charge in [-0.1, -0.05) is 24.3 Å². The van der Waals surface area contributed by atoms with Crippen LogP contribution in [0.2, 0.25) is 0 Å². The van der Waals surface area contributed by atoms with Crippen molar-refractivity contribution in [3.05, 3.63) is 120 Å². The highest BCUT2D eigenvalue weighted by Crippen LogP contribution is 2.39. The number of piperazine rings is 2. The lowest BCUT2D eigenvalue weighted by molar-refractivity contribution is -0.308. The Morgan fingerprint density at radius 2 is 0.698 bits per heavy atom. The number of amides is 2. The topological polar surface area (TPSA) is 163 Å². The number of ether oxygens (including phenoxy) is 3. The summed E-state index contributed by atoms with van der Waals surface area (Å²) in [5.74, 6) is 0. The highest BCUT2D eigenvalue weighted by molar-refractivity contribution is 6.61. The highest BCUT2D eigenvalue weighted by Gasteiger charge is 2.61. The first kappa shape index (κ1) is 64.1. The van der Waals surface area contributed by atoms with Crippen LogP contribution in [0, 0.1) is 0 Å². The fourth-order valence-electron chi connectivity index (χ4n) is 10.2. The van der Waals surface area contributed by atoms with Gasteiger partial charge in [-0.25, -0.2) is 14.4 Å². The van der Waals surface area contributed by atoms with E-state index < -0.39 is 54.0 Å². The maximum absolute atomic E-state index is 12.9. The summed E-state index contributed by atoms with van der Waals surface area (Å²) >= 11 is 4.22. The van der Waals surface area contributed by atoms with Crippen LogP contribution in [-0.2, 0) is 42.4 Å². The molecule has 10 rings (SSSR count). The van der Waals surface area contributed by atoms with E-state index in [2.05, 4.69) is 82.8 Å². The zero-order chi connectivity index (χ0) is 63.0. The first-order valence-electron chi connectivity index (χ1n) is 26.3. The Bertz CT molecular complexity index is 3520. The number of halogens is 13. The maximum atomic E-state index is 12.9. The second kappa shape index (κ2) is 24.9. The van der Waals surface area contributed by atoms with Crippen LogP contribution >= 0.6 is 11.6 Å². The molecule has 86 heavy (non-hydrogen) atoms. The van der Waals surface area contributed by atoms with Gasteiger partial charge in [0.25, 0.3) is 12.2 Å². The van der Waals surface area contributed by atoms with E-state index in [0.717, 1.165) is 72.7 Å². The zero-order valence-corrected chi connectivity index (χ0v) is 47.7. The summed E-state index contributed by atoms with van der Waals surface area (Å²) in [6.07, 6.45) is -25.9. The van der Waals surface area contributed by atoms with Gasteiger partial charge in [0.1, 0.15) is 5.60 Å².